The number of hydrogen-bond donors (Lipinski definition) is 0. The monoisotopic (exact) mass is 307 g/mol. The second-order valence-electron chi connectivity index (χ2n) is 4.86. The molecule has 0 N–H and O–H groups in total. The third-order valence-corrected chi connectivity index (χ3v) is 3.88. The van der Waals surface area contributed by atoms with Crippen LogP contribution in [0.25, 0.3) is 22.7 Å². The van der Waals surface area contributed by atoms with Crippen molar-refractivity contribution in [2.24, 2.45) is 0 Å². The van der Waals surface area contributed by atoms with Crippen LogP contribution in [0.2, 0.25) is 5.02 Å². The number of nitriles is 1. The average molecular weight is 308 g/mol. The summed E-state index contributed by atoms with van der Waals surface area (Å²) in [5, 5.41) is 10.2. The maximum Gasteiger partial charge on any atom is 0.151 e. The number of fused-ring (bicyclic) bond motifs is 1. The van der Waals surface area contributed by atoms with E-state index in [9.17, 15) is 5.26 Å². The molecule has 0 atom stereocenters. The third kappa shape index (κ3) is 2.49. The molecule has 0 fully saturated rings. The van der Waals surface area contributed by atoms with Crippen LogP contribution in [0.5, 0.6) is 0 Å². The highest BCUT2D eigenvalue weighted by Crippen LogP contribution is 2.25. The first-order valence-electron chi connectivity index (χ1n) is 7.06. The summed E-state index contributed by atoms with van der Waals surface area (Å²) in [6.07, 6.45) is 1.79. The van der Waals surface area contributed by atoms with Gasteiger partial charge in [-0.25, -0.2) is 4.98 Å². The summed E-state index contributed by atoms with van der Waals surface area (Å²) in [6.45, 7) is 2.79. The lowest BCUT2D eigenvalue weighted by molar-refractivity contribution is 0.775. The number of nitrogens with zero attached hydrogens (tertiary/aromatic N) is 3. The Morgan fingerprint density at radius 1 is 1.23 bits per heavy atom. The molecule has 108 valence electrons. The molecule has 0 aliphatic heterocycles. The Balaban J connectivity index is 2.20. The number of para-hydroxylation sites is 2. The summed E-state index contributed by atoms with van der Waals surface area (Å²) in [4.78, 5) is 4.61. The van der Waals surface area contributed by atoms with Gasteiger partial charge in [0, 0.05) is 11.6 Å². The summed E-state index contributed by atoms with van der Waals surface area (Å²) in [5.74, 6) is 0.672. The molecule has 0 saturated heterocycles. The predicted octanol–water partition coefficient (Wildman–Crippen LogP) is 4.77. The van der Waals surface area contributed by atoms with Gasteiger partial charge in [-0.1, -0.05) is 41.9 Å². The number of allylic oxidation sites excluding steroid dienone is 1. The second-order valence-corrected chi connectivity index (χ2v) is 5.27. The molecule has 2 aromatic carbocycles. The molecule has 1 aromatic heterocycles. The Bertz CT molecular complexity index is 900. The van der Waals surface area contributed by atoms with Crippen molar-refractivity contribution in [2.75, 3.05) is 0 Å². The van der Waals surface area contributed by atoms with E-state index in [1.54, 1.807) is 6.08 Å². The fraction of sp³-hybridized carbons (Fsp3) is 0.111. The molecular weight excluding hydrogens is 294 g/mol. The van der Waals surface area contributed by atoms with Crippen LogP contribution >= 0.6 is 11.6 Å². The molecule has 1 heterocycles. The molecule has 4 heteroatoms. The Hall–Kier alpha value is -2.57. The number of aromatic nitrogens is 2. The number of aryl methyl sites for hydroxylation is 1. The first kappa shape index (κ1) is 14.4. The van der Waals surface area contributed by atoms with E-state index in [0.29, 0.717) is 16.4 Å². The molecule has 0 aliphatic carbocycles. The predicted molar refractivity (Wildman–Crippen MR) is 90.3 cm³/mol. The van der Waals surface area contributed by atoms with E-state index in [2.05, 4.69) is 11.1 Å². The van der Waals surface area contributed by atoms with Gasteiger partial charge in [-0.05, 0) is 36.8 Å². The van der Waals surface area contributed by atoms with Gasteiger partial charge in [0.2, 0.25) is 0 Å². The largest absolute Gasteiger partial charge is 0.324 e. The van der Waals surface area contributed by atoms with Crippen LogP contribution < -0.4 is 0 Å². The fourth-order valence-corrected chi connectivity index (χ4v) is 2.69. The normalized spacial score (nSPS) is 11.6. The number of imidazole rings is 1. The van der Waals surface area contributed by atoms with Crippen LogP contribution in [0.3, 0.4) is 0 Å². The first-order chi connectivity index (χ1) is 10.7. The van der Waals surface area contributed by atoms with Crippen LogP contribution in [0.4, 0.5) is 0 Å². The van der Waals surface area contributed by atoms with Crippen molar-refractivity contribution >= 4 is 34.3 Å². The summed E-state index contributed by atoms with van der Waals surface area (Å²) < 4.78 is 2.04. The smallest absolute Gasteiger partial charge is 0.151 e. The lowest BCUT2D eigenvalue weighted by Gasteiger charge is -2.05. The molecule has 0 unspecified atom stereocenters. The fourth-order valence-electron chi connectivity index (χ4n) is 2.50. The molecule has 3 aromatic rings. The minimum Gasteiger partial charge on any atom is -0.324 e. The number of rotatable bonds is 3. The van der Waals surface area contributed by atoms with Crippen molar-refractivity contribution in [3.63, 3.8) is 0 Å². The van der Waals surface area contributed by atoms with E-state index in [1.807, 2.05) is 60.0 Å². The van der Waals surface area contributed by atoms with Crippen molar-refractivity contribution < 1.29 is 0 Å². The molecule has 0 saturated carbocycles. The molecule has 3 nitrogen and oxygen atoms in total. The summed E-state index contributed by atoms with van der Waals surface area (Å²) in [6, 6.07) is 17.6. The van der Waals surface area contributed by atoms with E-state index < -0.39 is 0 Å². The zero-order valence-electron chi connectivity index (χ0n) is 12.1. The van der Waals surface area contributed by atoms with Crippen molar-refractivity contribution in [3.05, 3.63) is 64.9 Å². The van der Waals surface area contributed by atoms with Gasteiger partial charge in [0.05, 0.1) is 16.6 Å². The molecular formula is C18H14ClN3. The molecule has 22 heavy (non-hydrogen) atoms. The molecule has 0 spiro atoms. The van der Waals surface area contributed by atoms with E-state index >= 15 is 0 Å². The van der Waals surface area contributed by atoms with Gasteiger partial charge in [0.1, 0.15) is 6.07 Å². The lowest BCUT2D eigenvalue weighted by atomic mass is 10.1. The summed E-state index contributed by atoms with van der Waals surface area (Å²) in [7, 11) is 0. The minimum atomic E-state index is 0.506. The van der Waals surface area contributed by atoms with Crippen molar-refractivity contribution in [3.8, 4) is 6.07 Å². The molecule has 0 radical (unpaired) electrons. The van der Waals surface area contributed by atoms with Crippen molar-refractivity contribution in [1.29, 1.82) is 5.26 Å². The van der Waals surface area contributed by atoms with Gasteiger partial charge >= 0.3 is 0 Å². The molecule has 0 amide bonds. The van der Waals surface area contributed by atoms with Gasteiger partial charge in [-0.2, -0.15) is 5.26 Å². The Morgan fingerprint density at radius 3 is 2.68 bits per heavy atom. The van der Waals surface area contributed by atoms with Crippen LogP contribution in [0, 0.1) is 11.3 Å². The van der Waals surface area contributed by atoms with Crippen molar-refractivity contribution in [2.45, 2.75) is 13.5 Å². The quantitative estimate of drug-likeness (QED) is 0.654. The van der Waals surface area contributed by atoms with E-state index in [-0.39, 0.29) is 0 Å². The van der Waals surface area contributed by atoms with Crippen LogP contribution in [-0.4, -0.2) is 9.55 Å². The highest BCUT2D eigenvalue weighted by Gasteiger charge is 2.13. The SMILES string of the molecule is CCn1c(/C(C#N)=C/c2ccccc2Cl)nc2ccccc21. The van der Waals surface area contributed by atoms with E-state index in [1.165, 1.54) is 0 Å². The highest BCUT2D eigenvalue weighted by molar-refractivity contribution is 6.32. The second kappa shape index (κ2) is 6.05. The number of hydrogen-bond acceptors (Lipinski definition) is 2. The standard InChI is InChI=1S/C18H14ClN3/c1-2-22-17-10-6-5-9-16(17)21-18(22)14(12-20)11-13-7-3-4-8-15(13)19/h3-11H,2H2,1H3/b14-11+. The van der Waals surface area contributed by atoms with E-state index in [0.717, 1.165) is 23.1 Å². The molecule has 0 bridgehead atoms. The summed E-state index contributed by atoms with van der Waals surface area (Å²) in [5.41, 5.74) is 3.24. The zero-order chi connectivity index (χ0) is 15.5. The van der Waals surface area contributed by atoms with Crippen LogP contribution in [-0.2, 0) is 6.54 Å². The Kier molecular flexibility index (Phi) is 3.95. The minimum absolute atomic E-state index is 0.506. The van der Waals surface area contributed by atoms with Crippen LogP contribution in [0.15, 0.2) is 48.5 Å². The van der Waals surface area contributed by atoms with Gasteiger partial charge in [-0.3, -0.25) is 0 Å². The van der Waals surface area contributed by atoms with Gasteiger partial charge < -0.3 is 4.57 Å². The number of halogens is 1. The zero-order valence-corrected chi connectivity index (χ0v) is 12.9. The summed E-state index contributed by atoms with van der Waals surface area (Å²) >= 11 is 6.18. The van der Waals surface area contributed by atoms with Gasteiger partial charge in [0.25, 0.3) is 0 Å². The van der Waals surface area contributed by atoms with Crippen molar-refractivity contribution in [1.82, 2.24) is 9.55 Å². The maximum absolute atomic E-state index is 9.56. The average Bonchev–Trinajstić information content (AvgIpc) is 2.92. The van der Waals surface area contributed by atoms with Crippen LogP contribution in [0.1, 0.15) is 18.3 Å². The third-order valence-electron chi connectivity index (χ3n) is 3.54. The first-order valence-corrected chi connectivity index (χ1v) is 7.44. The number of benzene rings is 2. The van der Waals surface area contributed by atoms with E-state index in [4.69, 9.17) is 11.6 Å². The molecule has 3 rings (SSSR count). The van der Waals surface area contributed by atoms with Gasteiger partial charge in [-0.15, -0.1) is 0 Å². The maximum atomic E-state index is 9.56. The Morgan fingerprint density at radius 2 is 1.95 bits per heavy atom. The van der Waals surface area contributed by atoms with Gasteiger partial charge in [0.15, 0.2) is 5.82 Å². The molecule has 0 aliphatic rings. The lowest BCUT2D eigenvalue weighted by Crippen LogP contribution is -2.00. The Labute approximate surface area is 134 Å². The highest BCUT2D eigenvalue weighted by atomic mass is 35.5. The topological polar surface area (TPSA) is 41.6 Å².